The maximum absolute atomic E-state index is 13.7. The molecular formula is C19H20F2N4O2. The fourth-order valence-electron chi connectivity index (χ4n) is 3.02. The number of likely N-dealkylation sites (tertiary alicyclic amines) is 1. The van der Waals surface area contributed by atoms with Gasteiger partial charge >= 0.3 is 5.97 Å². The van der Waals surface area contributed by atoms with Gasteiger partial charge in [0, 0.05) is 37.8 Å². The minimum absolute atomic E-state index is 0.206. The van der Waals surface area contributed by atoms with Gasteiger partial charge in [-0.1, -0.05) is 6.07 Å². The van der Waals surface area contributed by atoms with Crippen LogP contribution >= 0.6 is 0 Å². The van der Waals surface area contributed by atoms with Crippen molar-refractivity contribution in [2.24, 2.45) is 0 Å². The summed E-state index contributed by atoms with van der Waals surface area (Å²) in [5, 5.41) is 11.9. The largest absolute Gasteiger partial charge is 0.478 e. The van der Waals surface area contributed by atoms with Crippen LogP contribution in [0.2, 0.25) is 0 Å². The van der Waals surface area contributed by atoms with Crippen LogP contribution < -0.4 is 5.32 Å². The average Bonchev–Trinajstić information content (AvgIpc) is 3.08. The van der Waals surface area contributed by atoms with Crippen molar-refractivity contribution in [3.8, 4) is 0 Å². The van der Waals surface area contributed by atoms with Gasteiger partial charge in [-0.15, -0.1) is 0 Å². The molecule has 1 aliphatic rings. The second-order valence-corrected chi connectivity index (χ2v) is 6.41. The zero-order valence-corrected chi connectivity index (χ0v) is 14.6. The van der Waals surface area contributed by atoms with E-state index in [1.165, 1.54) is 24.4 Å². The Hall–Kier alpha value is -2.87. The Kier molecular flexibility index (Phi) is 6.08. The molecule has 1 aliphatic heterocycles. The predicted molar refractivity (Wildman–Crippen MR) is 97.2 cm³/mol. The van der Waals surface area contributed by atoms with E-state index in [9.17, 15) is 13.6 Å². The Bertz CT molecular complexity index is 827. The van der Waals surface area contributed by atoms with E-state index in [-0.39, 0.29) is 6.04 Å². The topological polar surface area (TPSA) is 78.3 Å². The van der Waals surface area contributed by atoms with Crippen molar-refractivity contribution in [2.75, 3.05) is 25.0 Å². The van der Waals surface area contributed by atoms with E-state index < -0.39 is 17.6 Å². The molecule has 0 radical (unpaired) electrons. The molecule has 0 amide bonds. The molecule has 0 spiro atoms. The SMILES string of the molecule is O=C(O)C=Cc1cnc(N[C@@H]2CCN(CCc3ccc(F)cc3F)C2)cn1. The third-order valence-electron chi connectivity index (χ3n) is 4.41. The first-order valence-electron chi connectivity index (χ1n) is 8.65. The predicted octanol–water partition coefficient (Wildman–Crippen LogP) is 2.58. The van der Waals surface area contributed by atoms with Crippen molar-refractivity contribution in [1.29, 1.82) is 0 Å². The molecule has 0 unspecified atom stereocenters. The number of anilines is 1. The first-order chi connectivity index (χ1) is 13.0. The van der Waals surface area contributed by atoms with E-state index in [2.05, 4.69) is 20.2 Å². The fraction of sp³-hybridized carbons (Fsp3) is 0.316. The lowest BCUT2D eigenvalue weighted by Crippen LogP contribution is -2.28. The van der Waals surface area contributed by atoms with Crippen LogP contribution in [0.25, 0.3) is 6.08 Å². The number of hydrogen-bond donors (Lipinski definition) is 2. The number of benzene rings is 1. The summed E-state index contributed by atoms with van der Waals surface area (Å²) in [6, 6.07) is 3.89. The molecule has 1 aromatic carbocycles. The standard InChI is InChI=1S/C19H20F2N4O2/c20-14-2-1-13(17(21)9-14)5-7-25-8-6-16(12-25)24-18-11-22-15(10-23-18)3-4-19(26)27/h1-4,9-11,16H,5-8,12H2,(H,23,24)(H,26,27)/t16-/m1/s1. The van der Waals surface area contributed by atoms with Crippen LogP contribution in [0.3, 0.4) is 0 Å². The van der Waals surface area contributed by atoms with Gasteiger partial charge in [0.1, 0.15) is 17.5 Å². The maximum atomic E-state index is 13.7. The zero-order chi connectivity index (χ0) is 19.2. The van der Waals surface area contributed by atoms with Crippen LogP contribution in [0, 0.1) is 11.6 Å². The van der Waals surface area contributed by atoms with Crippen LogP contribution in [0.5, 0.6) is 0 Å². The number of aromatic nitrogens is 2. The lowest BCUT2D eigenvalue weighted by atomic mass is 10.1. The van der Waals surface area contributed by atoms with E-state index in [1.807, 2.05) is 0 Å². The normalized spacial score (nSPS) is 17.5. The lowest BCUT2D eigenvalue weighted by molar-refractivity contribution is -0.131. The first kappa shape index (κ1) is 18.9. The number of nitrogens with zero attached hydrogens (tertiary/aromatic N) is 3. The summed E-state index contributed by atoms with van der Waals surface area (Å²) in [5.41, 5.74) is 0.987. The average molecular weight is 374 g/mol. The quantitative estimate of drug-likeness (QED) is 0.726. The van der Waals surface area contributed by atoms with E-state index in [0.717, 1.165) is 31.7 Å². The minimum atomic E-state index is -1.04. The molecule has 6 nitrogen and oxygen atoms in total. The molecular weight excluding hydrogens is 354 g/mol. The molecule has 0 bridgehead atoms. The van der Waals surface area contributed by atoms with Crippen molar-refractivity contribution in [2.45, 2.75) is 18.9 Å². The van der Waals surface area contributed by atoms with Gasteiger partial charge in [-0.25, -0.2) is 18.6 Å². The van der Waals surface area contributed by atoms with Gasteiger partial charge in [-0.05, 0) is 30.5 Å². The molecule has 142 valence electrons. The van der Waals surface area contributed by atoms with Crippen LogP contribution in [0.15, 0.2) is 36.7 Å². The van der Waals surface area contributed by atoms with Gasteiger partial charge in [-0.3, -0.25) is 4.98 Å². The number of carboxylic acid groups (broad SMARTS) is 1. The van der Waals surface area contributed by atoms with Crippen molar-refractivity contribution in [3.05, 3.63) is 59.6 Å². The first-order valence-corrected chi connectivity index (χ1v) is 8.65. The third kappa shape index (κ3) is 5.55. The molecule has 1 atom stereocenters. The van der Waals surface area contributed by atoms with Gasteiger partial charge in [0.25, 0.3) is 0 Å². The smallest absolute Gasteiger partial charge is 0.328 e. The number of carbonyl (C=O) groups is 1. The molecule has 27 heavy (non-hydrogen) atoms. The Morgan fingerprint density at radius 3 is 2.89 bits per heavy atom. The Balaban J connectivity index is 1.47. The highest BCUT2D eigenvalue weighted by Gasteiger charge is 2.22. The Morgan fingerprint density at radius 2 is 2.19 bits per heavy atom. The molecule has 8 heteroatoms. The van der Waals surface area contributed by atoms with Crippen LogP contribution in [-0.4, -0.2) is 51.6 Å². The molecule has 0 aliphatic carbocycles. The van der Waals surface area contributed by atoms with Gasteiger partial charge in [0.05, 0.1) is 18.1 Å². The second kappa shape index (κ2) is 8.68. The molecule has 1 saturated heterocycles. The summed E-state index contributed by atoms with van der Waals surface area (Å²) >= 11 is 0. The number of halogens is 2. The van der Waals surface area contributed by atoms with Crippen molar-refractivity contribution < 1.29 is 18.7 Å². The monoisotopic (exact) mass is 374 g/mol. The minimum Gasteiger partial charge on any atom is -0.478 e. The number of aliphatic carboxylic acids is 1. The summed E-state index contributed by atoms with van der Waals surface area (Å²) in [6.45, 7) is 2.38. The highest BCUT2D eigenvalue weighted by atomic mass is 19.1. The van der Waals surface area contributed by atoms with Gasteiger partial charge < -0.3 is 15.3 Å². The summed E-state index contributed by atoms with van der Waals surface area (Å²) in [4.78, 5) is 21.1. The lowest BCUT2D eigenvalue weighted by Gasteiger charge is -2.17. The summed E-state index contributed by atoms with van der Waals surface area (Å²) in [7, 11) is 0. The fourth-order valence-corrected chi connectivity index (χ4v) is 3.02. The highest BCUT2D eigenvalue weighted by Crippen LogP contribution is 2.16. The zero-order valence-electron chi connectivity index (χ0n) is 14.6. The molecule has 2 heterocycles. The van der Waals surface area contributed by atoms with Crippen LogP contribution in [-0.2, 0) is 11.2 Å². The molecule has 3 rings (SSSR count). The van der Waals surface area contributed by atoms with Gasteiger partial charge in [0.2, 0.25) is 0 Å². The van der Waals surface area contributed by atoms with E-state index >= 15 is 0 Å². The molecule has 1 aromatic heterocycles. The molecule has 2 aromatic rings. The summed E-state index contributed by atoms with van der Waals surface area (Å²) < 4.78 is 26.6. The van der Waals surface area contributed by atoms with Crippen molar-refractivity contribution >= 4 is 17.9 Å². The highest BCUT2D eigenvalue weighted by molar-refractivity contribution is 5.84. The number of nitrogens with one attached hydrogen (secondary N) is 1. The van der Waals surface area contributed by atoms with Crippen molar-refractivity contribution in [3.63, 3.8) is 0 Å². The Labute approximate surface area is 155 Å². The number of rotatable bonds is 7. The third-order valence-corrected chi connectivity index (χ3v) is 4.41. The van der Waals surface area contributed by atoms with Gasteiger partial charge in [0.15, 0.2) is 0 Å². The second-order valence-electron chi connectivity index (χ2n) is 6.41. The summed E-state index contributed by atoms with van der Waals surface area (Å²) in [6.07, 6.45) is 6.92. The van der Waals surface area contributed by atoms with Crippen LogP contribution in [0.4, 0.5) is 14.6 Å². The van der Waals surface area contributed by atoms with E-state index in [1.54, 1.807) is 6.20 Å². The Morgan fingerprint density at radius 1 is 1.33 bits per heavy atom. The van der Waals surface area contributed by atoms with E-state index in [4.69, 9.17) is 5.11 Å². The molecule has 2 N–H and O–H groups in total. The summed E-state index contributed by atoms with van der Waals surface area (Å²) in [5.74, 6) is -1.48. The van der Waals surface area contributed by atoms with Gasteiger partial charge in [-0.2, -0.15) is 0 Å². The number of hydrogen-bond acceptors (Lipinski definition) is 5. The number of carboxylic acids is 1. The maximum Gasteiger partial charge on any atom is 0.328 e. The van der Waals surface area contributed by atoms with Crippen molar-refractivity contribution in [1.82, 2.24) is 14.9 Å². The molecule has 0 saturated carbocycles. The van der Waals surface area contributed by atoms with E-state index in [0.29, 0.717) is 30.0 Å². The van der Waals surface area contributed by atoms with Crippen LogP contribution in [0.1, 0.15) is 17.7 Å². The molecule has 1 fully saturated rings.